The Kier molecular flexibility index (Phi) is 9.01. The maximum Gasteiger partial charge on any atom is 0.242 e. The van der Waals surface area contributed by atoms with Crippen molar-refractivity contribution in [2.75, 3.05) is 45.5 Å². The number of amides is 2. The van der Waals surface area contributed by atoms with Crippen molar-refractivity contribution in [3.63, 3.8) is 0 Å². The van der Waals surface area contributed by atoms with Gasteiger partial charge in [0.25, 0.3) is 0 Å². The second kappa shape index (κ2) is 11.7. The quantitative estimate of drug-likeness (QED) is 0.459. The zero-order chi connectivity index (χ0) is 26.8. The molecule has 1 aromatic heterocycles. The topological polar surface area (TPSA) is 124 Å². The van der Waals surface area contributed by atoms with Crippen LogP contribution >= 0.6 is 22.9 Å². The molecular weight excluding hydrogens is 560 g/mol. The number of rotatable bonds is 9. The highest BCUT2D eigenvalue weighted by Gasteiger charge is 2.37. The van der Waals surface area contributed by atoms with Crippen molar-refractivity contribution >= 4 is 60.7 Å². The highest BCUT2D eigenvalue weighted by molar-refractivity contribution is 7.92. The summed E-state index contributed by atoms with van der Waals surface area (Å²) in [6, 6.07) is 2.44. The number of sulfonamides is 1. The van der Waals surface area contributed by atoms with Gasteiger partial charge in [0.05, 0.1) is 16.1 Å². The van der Waals surface area contributed by atoms with E-state index < -0.39 is 31.8 Å². The summed E-state index contributed by atoms with van der Waals surface area (Å²) in [4.78, 5) is 32.2. The number of halogens is 1. The Morgan fingerprint density at radius 1 is 1.14 bits per heavy atom. The second-order valence-electron chi connectivity index (χ2n) is 9.95. The van der Waals surface area contributed by atoms with Gasteiger partial charge < -0.3 is 9.80 Å². The van der Waals surface area contributed by atoms with E-state index in [9.17, 15) is 26.4 Å². The number of carbonyl (C=O) groups excluding carboxylic acids is 2. The zero-order valence-corrected chi connectivity index (χ0v) is 23.9. The lowest BCUT2D eigenvalue weighted by molar-refractivity contribution is -0.143. The number of likely N-dealkylation sites (tertiary alicyclic amines) is 3. The molecular formula is C23H33ClN4O6S3. The third kappa shape index (κ3) is 7.54. The van der Waals surface area contributed by atoms with Crippen LogP contribution in [0.3, 0.4) is 0 Å². The number of hydrogen-bond acceptors (Lipinski definition) is 8. The Bertz CT molecular complexity index is 1250. The molecule has 3 aliphatic rings. The minimum atomic E-state index is -3.87. The SMILES string of the molecule is CS(=O)(=O)C1CCN(C[C@@H]2CCCN2C(=O)CN2CCC[C@H](NS(=O)(=O)/C=C/c3ccc(Cl)s3)C2=O)C1. The largest absolute Gasteiger partial charge is 0.337 e. The molecule has 0 saturated carbocycles. The van der Waals surface area contributed by atoms with Crippen LogP contribution in [-0.4, -0.2) is 106 Å². The molecule has 3 aliphatic heterocycles. The number of carbonyl (C=O) groups is 2. The molecule has 1 N–H and O–H groups in total. The highest BCUT2D eigenvalue weighted by atomic mass is 35.5. The van der Waals surface area contributed by atoms with Gasteiger partial charge >= 0.3 is 0 Å². The van der Waals surface area contributed by atoms with Crippen molar-refractivity contribution < 1.29 is 26.4 Å². The lowest BCUT2D eigenvalue weighted by Crippen LogP contribution is -2.55. The van der Waals surface area contributed by atoms with E-state index >= 15 is 0 Å². The third-order valence-corrected chi connectivity index (χ3v) is 11.1. The molecule has 37 heavy (non-hydrogen) atoms. The summed E-state index contributed by atoms with van der Waals surface area (Å²) in [7, 11) is -6.95. The van der Waals surface area contributed by atoms with E-state index in [4.69, 9.17) is 11.6 Å². The van der Waals surface area contributed by atoms with Crippen molar-refractivity contribution in [2.45, 2.75) is 49.4 Å². The molecule has 1 unspecified atom stereocenters. The summed E-state index contributed by atoms with van der Waals surface area (Å²) in [5.41, 5.74) is 0. The van der Waals surface area contributed by atoms with Gasteiger partial charge in [-0.15, -0.1) is 11.3 Å². The van der Waals surface area contributed by atoms with Gasteiger partial charge in [0.15, 0.2) is 9.84 Å². The minimum absolute atomic E-state index is 0.0177. The maximum absolute atomic E-state index is 13.2. The van der Waals surface area contributed by atoms with Crippen molar-refractivity contribution in [1.29, 1.82) is 0 Å². The molecule has 4 heterocycles. The molecule has 206 valence electrons. The third-order valence-electron chi connectivity index (χ3n) is 7.17. The first-order valence-corrected chi connectivity index (χ1v) is 17.1. The molecule has 0 aliphatic carbocycles. The Labute approximate surface area is 227 Å². The smallest absolute Gasteiger partial charge is 0.242 e. The first-order chi connectivity index (χ1) is 17.4. The summed E-state index contributed by atoms with van der Waals surface area (Å²) in [6.45, 7) is 2.70. The summed E-state index contributed by atoms with van der Waals surface area (Å²) < 4.78 is 51.8. The van der Waals surface area contributed by atoms with Gasteiger partial charge in [-0.3, -0.25) is 14.5 Å². The van der Waals surface area contributed by atoms with Crippen LogP contribution in [0.25, 0.3) is 6.08 Å². The summed E-state index contributed by atoms with van der Waals surface area (Å²) in [5.74, 6) is -0.560. The minimum Gasteiger partial charge on any atom is -0.337 e. The van der Waals surface area contributed by atoms with E-state index in [2.05, 4.69) is 9.62 Å². The van der Waals surface area contributed by atoms with E-state index in [1.165, 1.54) is 28.6 Å². The van der Waals surface area contributed by atoms with Gasteiger partial charge in [-0.2, -0.15) is 4.72 Å². The van der Waals surface area contributed by atoms with E-state index in [0.29, 0.717) is 61.2 Å². The molecule has 0 bridgehead atoms. The molecule has 3 saturated heterocycles. The Balaban J connectivity index is 1.32. The number of piperidine rings is 1. The first kappa shape index (κ1) is 28.5. The van der Waals surface area contributed by atoms with Gasteiger partial charge in [0.2, 0.25) is 21.8 Å². The summed E-state index contributed by atoms with van der Waals surface area (Å²) in [5, 5.41) is 0.663. The lowest BCUT2D eigenvalue weighted by Gasteiger charge is -2.34. The Hall–Kier alpha value is -1.51. The van der Waals surface area contributed by atoms with E-state index in [1.807, 2.05) is 0 Å². The molecule has 0 aromatic carbocycles. The lowest BCUT2D eigenvalue weighted by atomic mass is 10.1. The fourth-order valence-corrected chi connectivity index (χ4v) is 8.32. The number of sulfone groups is 1. The maximum atomic E-state index is 13.2. The Morgan fingerprint density at radius 3 is 2.57 bits per heavy atom. The van der Waals surface area contributed by atoms with E-state index in [1.54, 1.807) is 17.0 Å². The van der Waals surface area contributed by atoms with Crippen LogP contribution in [-0.2, 0) is 29.4 Å². The van der Waals surface area contributed by atoms with Gasteiger partial charge in [-0.05, 0) is 56.9 Å². The van der Waals surface area contributed by atoms with Crippen LogP contribution < -0.4 is 4.72 Å². The molecule has 3 fully saturated rings. The van der Waals surface area contributed by atoms with E-state index in [0.717, 1.165) is 18.2 Å². The first-order valence-electron chi connectivity index (χ1n) is 12.4. The number of thiophene rings is 1. The number of nitrogens with zero attached hydrogens (tertiary/aromatic N) is 3. The average Bonchev–Trinajstić information content (AvgIpc) is 3.56. The van der Waals surface area contributed by atoms with Crippen molar-refractivity contribution in [3.05, 3.63) is 26.8 Å². The van der Waals surface area contributed by atoms with Gasteiger partial charge in [0.1, 0.15) is 6.04 Å². The van der Waals surface area contributed by atoms with Gasteiger partial charge in [0, 0.05) is 48.8 Å². The van der Waals surface area contributed by atoms with E-state index in [-0.39, 0.29) is 23.7 Å². The monoisotopic (exact) mass is 592 g/mol. The van der Waals surface area contributed by atoms with Crippen molar-refractivity contribution in [2.24, 2.45) is 0 Å². The molecule has 4 rings (SSSR count). The van der Waals surface area contributed by atoms with Crippen molar-refractivity contribution in [3.8, 4) is 0 Å². The summed E-state index contributed by atoms with van der Waals surface area (Å²) in [6.07, 6.45) is 5.95. The van der Waals surface area contributed by atoms with Gasteiger partial charge in [-0.1, -0.05) is 11.6 Å². The van der Waals surface area contributed by atoms with Gasteiger partial charge in [-0.25, -0.2) is 16.8 Å². The number of nitrogens with one attached hydrogen (secondary N) is 1. The predicted octanol–water partition coefficient (Wildman–Crippen LogP) is 1.39. The fraction of sp³-hybridized carbons (Fsp3) is 0.652. The molecule has 2 amide bonds. The second-order valence-corrected chi connectivity index (χ2v) is 15.6. The highest BCUT2D eigenvalue weighted by Crippen LogP contribution is 2.24. The fourth-order valence-electron chi connectivity index (χ4n) is 5.24. The molecule has 14 heteroatoms. The van der Waals surface area contributed by atoms with Crippen LogP contribution in [0.5, 0.6) is 0 Å². The molecule has 1 aromatic rings. The normalized spacial score (nSPS) is 26.0. The van der Waals surface area contributed by atoms with Crippen LogP contribution in [0.2, 0.25) is 4.34 Å². The van der Waals surface area contributed by atoms with Crippen LogP contribution in [0.4, 0.5) is 0 Å². The average molecular weight is 593 g/mol. The zero-order valence-electron chi connectivity index (χ0n) is 20.7. The standard InChI is InChI=1S/C23H33ClN4O6S3/c1-36(31,32)19-8-12-26(15-19)14-17-4-2-11-28(17)22(29)16-27-10-3-5-20(23(27)30)25-37(33,34)13-9-18-6-7-21(24)35-18/h6-7,9,13,17,19-20,25H,2-5,8,10-12,14-16H2,1H3/b13-9+/t17-,19?,20-/m0/s1. The molecule has 0 spiro atoms. The Morgan fingerprint density at radius 2 is 1.89 bits per heavy atom. The number of hydrogen-bond donors (Lipinski definition) is 1. The summed E-state index contributed by atoms with van der Waals surface area (Å²) >= 11 is 7.12. The molecule has 0 radical (unpaired) electrons. The molecule has 10 nitrogen and oxygen atoms in total. The van der Waals surface area contributed by atoms with Crippen LogP contribution in [0.1, 0.15) is 37.0 Å². The molecule has 3 atom stereocenters. The predicted molar refractivity (Wildman–Crippen MR) is 144 cm³/mol. The van der Waals surface area contributed by atoms with Crippen molar-refractivity contribution in [1.82, 2.24) is 19.4 Å². The van der Waals surface area contributed by atoms with Crippen LogP contribution in [0.15, 0.2) is 17.5 Å². The van der Waals surface area contributed by atoms with Crippen LogP contribution in [0, 0.1) is 0 Å².